The molecular formula is C18H27FN2O2. The van der Waals surface area contributed by atoms with Crippen molar-refractivity contribution in [3.05, 3.63) is 35.6 Å². The Hall–Kier alpha value is -1.62. The summed E-state index contributed by atoms with van der Waals surface area (Å²) < 4.78 is 18.3. The smallest absolute Gasteiger partial charge is 0.410 e. The molecule has 0 bridgehead atoms. The van der Waals surface area contributed by atoms with Crippen molar-refractivity contribution in [3.63, 3.8) is 0 Å². The number of nitrogens with one attached hydrogen (secondary N) is 1. The summed E-state index contributed by atoms with van der Waals surface area (Å²) in [5.41, 5.74) is 0.608. The van der Waals surface area contributed by atoms with Gasteiger partial charge in [0.15, 0.2) is 0 Å². The van der Waals surface area contributed by atoms with Gasteiger partial charge >= 0.3 is 6.09 Å². The summed E-state index contributed by atoms with van der Waals surface area (Å²) in [6, 6.07) is 6.52. The first-order valence-corrected chi connectivity index (χ1v) is 8.26. The van der Waals surface area contributed by atoms with Gasteiger partial charge in [-0.15, -0.1) is 0 Å². The molecule has 0 saturated carbocycles. The van der Waals surface area contributed by atoms with Gasteiger partial charge in [0.1, 0.15) is 11.4 Å². The Morgan fingerprint density at radius 3 is 2.70 bits per heavy atom. The van der Waals surface area contributed by atoms with E-state index in [1.54, 1.807) is 17.0 Å². The van der Waals surface area contributed by atoms with Crippen molar-refractivity contribution in [3.8, 4) is 0 Å². The summed E-state index contributed by atoms with van der Waals surface area (Å²) >= 11 is 0. The van der Waals surface area contributed by atoms with E-state index in [1.807, 2.05) is 20.8 Å². The van der Waals surface area contributed by atoms with E-state index < -0.39 is 5.60 Å². The zero-order valence-electron chi connectivity index (χ0n) is 14.3. The molecule has 1 heterocycles. The maximum absolute atomic E-state index is 12.9. The number of likely N-dealkylation sites (tertiary alicyclic amines) is 1. The number of ether oxygens (including phenoxy) is 1. The number of amides is 1. The molecule has 1 aromatic carbocycles. The maximum Gasteiger partial charge on any atom is 0.410 e. The van der Waals surface area contributed by atoms with Crippen LogP contribution in [-0.4, -0.2) is 36.2 Å². The molecule has 1 saturated heterocycles. The highest BCUT2D eigenvalue weighted by Gasteiger charge is 2.27. The zero-order chi connectivity index (χ0) is 16.9. The van der Waals surface area contributed by atoms with Gasteiger partial charge in [0.05, 0.1) is 0 Å². The first kappa shape index (κ1) is 17.7. The molecule has 1 aliphatic rings. The number of rotatable bonds is 4. The molecule has 2 rings (SSSR count). The number of piperidine rings is 1. The molecule has 0 unspecified atom stereocenters. The highest BCUT2D eigenvalue weighted by atomic mass is 19.1. The largest absolute Gasteiger partial charge is 0.444 e. The molecule has 0 radical (unpaired) electrons. The second-order valence-corrected chi connectivity index (χ2v) is 7.19. The second kappa shape index (κ2) is 7.77. The lowest BCUT2D eigenvalue weighted by Gasteiger charge is -2.34. The molecule has 1 amide bonds. The Kier molecular flexibility index (Phi) is 5.99. The van der Waals surface area contributed by atoms with Crippen LogP contribution in [0, 0.1) is 11.7 Å². The number of hydrogen-bond acceptors (Lipinski definition) is 3. The Balaban J connectivity index is 1.75. The monoisotopic (exact) mass is 322 g/mol. The minimum absolute atomic E-state index is 0.214. The Morgan fingerprint density at radius 1 is 1.35 bits per heavy atom. The molecule has 0 aromatic heterocycles. The molecule has 1 fully saturated rings. The van der Waals surface area contributed by atoms with E-state index in [-0.39, 0.29) is 11.9 Å². The van der Waals surface area contributed by atoms with Gasteiger partial charge in [0, 0.05) is 19.6 Å². The number of hydrogen-bond donors (Lipinski definition) is 1. The fourth-order valence-corrected chi connectivity index (χ4v) is 2.75. The van der Waals surface area contributed by atoms with Gasteiger partial charge < -0.3 is 15.0 Å². The van der Waals surface area contributed by atoms with Gasteiger partial charge in [-0.3, -0.25) is 0 Å². The highest BCUT2D eigenvalue weighted by molar-refractivity contribution is 5.68. The predicted molar refractivity (Wildman–Crippen MR) is 88.6 cm³/mol. The first-order chi connectivity index (χ1) is 10.8. The summed E-state index contributed by atoms with van der Waals surface area (Å²) in [6.07, 6.45) is 1.89. The van der Waals surface area contributed by atoms with E-state index in [0.717, 1.165) is 38.0 Å². The Labute approximate surface area is 138 Å². The third kappa shape index (κ3) is 6.18. The molecule has 1 aromatic rings. The topological polar surface area (TPSA) is 41.6 Å². The lowest BCUT2D eigenvalue weighted by atomic mass is 9.98. The van der Waals surface area contributed by atoms with Crippen LogP contribution in [0.15, 0.2) is 24.3 Å². The number of halogens is 1. The van der Waals surface area contributed by atoms with Crippen molar-refractivity contribution < 1.29 is 13.9 Å². The number of carbonyl (C=O) groups is 1. The minimum atomic E-state index is -0.454. The average molecular weight is 322 g/mol. The lowest BCUT2D eigenvalue weighted by molar-refractivity contribution is 0.0166. The summed E-state index contributed by atoms with van der Waals surface area (Å²) in [5, 5.41) is 3.40. The van der Waals surface area contributed by atoms with Crippen molar-refractivity contribution in [2.24, 2.45) is 5.92 Å². The van der Waals surface area contributed by atoms with Crippen LogP contribution < -0.4 is 5.32 Å². The lowest BCUT2D eigenvalue weighted by Crippen LogP contribution is -2.44. The number of benzene rings is 1. The van der Waals surface area contributed by atoms with E-state index in [2.05, 4.69) is 5.32 Å². The molecule has 23 heavy (non-hydrogen) atoms. The van der Waals surface area contributed by atoms with Crippen molar-refractivity contribution in [1.82, 2.24) is 10.2 Å². The molecule has 128 valence electrons. The van der Waals surface area contributed by atoms with E-state index in [9.17, 15) is 9.18 Å². The summed E-state index contributed by atoms with van der Waals surface area (Å²) in [6.45, 7) is 8.71. The standard InChI is InChI=1S/C18H27FN2O2/c1-18(2,3)23-17(22)21-10-4-5-15(13-21)12-20-11-14-6-8-16(19)9-7-14/h6-9,15,20H,4-5,10-13H2,1-3H3/t15-/m0/s1. The third-order valence-electron chi connectivity index (χ3n) is 3.85. The first-order valence-electron chi connectivity index (χ1n) is 8.26. The number of carbonyl (C=O) groups excluding carboxylic acids is 1. The fourth-order valence-electron chi connectivity index (χ4n) is 2.75. The van der Waals surface area contributed by atoms with Gasteiger partial charge in [-0.25, -0.2) is 9.18 Å². The van der Waals surface area contributed by atoms with Crippen LogP contribution >= 0.6 is 0 Å². The predicted octanol–water partition coefficient (Wildman–Crippen LogP) is 3.56. The second-order valence-electron chi connectivity index (χ2n) is 7.19. The van der Waals surface area contributed by atoms with Crippen LogP contribution in [-0.2, 0) is 11.3 Å². The van der Waals surface area contributed by atoms with Crippen molar-refractivity contribution >= 4 is 6.09 Å². The van der Waals surface area contributed by atoms with Gasteiger partial charge in [0.2, 0.25) is 0 Å². The van der Waals surface area contributed by atoms with E-state index in [0.29, 0.717) is 12.5 Å². The molecular weight excluding hydrogens is 295 g/mol. The maximum atomic E-state index is 12.9. The van der Waals surface area contributed by atoms with Crippen LogP contribution in [0.5, 0.6) is 0 Å². The molecule has 1 N–H and O–H groups in total. The van der Waals surface area contributed by atoms with E-state index in [1.165, 1.54) is 12.1 Å². The molecule has 5 heteroatoms. The highest BCUT2D eigenvalue weighted by Crippen LogP contribution is 2.19. The third-order valence-corrected chi connectivity index (χ3v) is 3.85. The van der Waals surface area contributed by atoms with Crippen LogP contribution in [0.2, 0.25) is 0 Å². The van der Waals surface area contributed by atoms with Crippen LogP contribution in [0.25, 0.3) is 0 Å². The van der Waals surface area contributed by atoms with Crippen molar-refractivity contribution in [1.29, 1.82) is 0 Å². The van der Waals surface area contributed by atoms with Gasteiger partial charge in [-0.05, 0) is 63.8 Å². The van der Waals surface area contributed by atoms with Crippen LogP contribution in [0.3, 0.4) is 0 Å². The molecule has 1 atom stereocenters. The van der Waals surface area contributed by atoms with Crippen molar-refractivity contribution in [2.75, 3.05) is 19.6 Å². The summed E-state index contributed by atoms with van der Waals surface area (Å²) in [7, 11) is 0. The summed E-state index contributed by atoms with van der Waals surface area (Å²) in [4.78, 5) is 13.9. The Morgan fingerprint density at radius 2 is 2.04 bits per heavy atom. The Bertz CT molecular complexity index is 511. The van der Waals surface area contributed by atoms with E-state index in [4.69, 9.17) is 4.74 Å². The van der Waals surface area contributed by atoms with E-state index >= 15 is 0 Å². The SMILES string of the molecule is CC(C)(C)OC(=O)N1CCC[C@@H](CNCc2ccc(F)cc2)C1. The summed E-state index contributed by atoms with van der Waals surface area (Å²) in [5.74, 6) is 0.214. The quantitative estimate of drug-likeness (QED) is 0.921. The van der Waals surface area contributed by atoms with Gasteiger partial charge in [-0.1, -0.05) is 12.1 Å². The molecule has 1 aliphatic heterocycles. The van der Waals surface area contributed by atoms with Crippen LogP contribution in [0.1, 0.15) is 39.2 Å². The van der Waals surface area contributed by atoms with Crippen molar-refractivity contribution in [2.45, 2.75) is 45.8 Å². The molecule has 4 nitrogen and oxygen atoms in total. The molecule has 0 spiro atoms. The average Bonchev–Trinajstić information content (AvgIpc) is 2.48. The van der Waals surface area contributed by atoms with Crippen LogP contribution in [0.4, 0.5) is 9.18 Å². The normalized spacial score (nSPS) is 18.8. The van der Waals surface area contributed by atoms with Gasteiger partial charge in [-0.2, -0.15) is 0 Å². The van der Waals surface area contributed by atoms with Gasteiger partial charge in [0.25, 0.3) is 0 Å². The zero-order valence-corrected chi connectivity index (χ0v) is 14.3. The fraction of sp³-hybridized carbons (Fsp3) is 0.611. The number of nitrogens with zero attached hydrogens (tertiary/aromatic N) is 1. The molecule has 0 aliphatic carbocycles. The minimum Gasteiger partial charge on any atom is -0.444 e.